The van der Waals surface area contributed by atoms with Crippen molar-refractivity contribution in [1.82, 2.24) is 14.8 Å². The quantitative estimate of drug-likeness (QED) is 0.820. The van der Waals surface area contributed by atoms with Crippen LogP contribution in [0.4, 0.5) is 10.8 Å². The molecule has 2 heterocycles. The number of nitrogen functional groups attached to an aromatic ring is 1. The van der Waals surface area contributed by atoms with Gasteiger partial charge in [-0.2, -0.15) is 5.10 Å². The van der Waals surface area contributed by atoms with E-state index in [1.165, 1.54) is 0 Å². The van der Waals surface area contributed by atoms with Crippen LogP contribution in [0.2, 0.25) is 0 Å². The Hall–Kier alpha value is -1.56. The van der Waals surface area contributed by atoms with E-state index in [2.05, 4.69) is 15.4 Å². The maximum atomic E-state index is 5.55. The lowest BCUT2D eigenvalue weighted by molar-refractivity contribution is 0.638. The van der Waals surface area contributed by atoms with Crippen LogP contribution in [0, 0.1) is 6.92 Å². The van der Waals surface area contributed by atoms with Gasteiger partial charge in [-0.3, -0.25) is 4.68 Å². The Balaban J connectivity index is 1.80. The molecular formula is C9H13N5S. The summed E-state index contributed by atoms with van der Waals surface area (Å²) in [5.74, 6) is 0. The Morgan fingerprint density at radius 1 is 1.60 bits per heavy atom. The molecule has 3 N–H and O–H groups in total. The van der Waals surface area contributed by atoms with E-state index in [9.17, 15) is 0 Å². The molecule has 0 saturated heterocycles. The standard InChI is InChI=1S/C9H13N5S/c1-7-6-15-9(13-7)11-2-3-14-5-8(10)4-12-14/h4-6H,2-3,10H2,1H3,(H,11,13). The summed E-state index contributed by atoms with van der Waals surface area (Å²) < 4.78 is 1.81. The van der Waals surface area contributed by atoms with Gasteiger partial charge in [-0.05, 0) is 6.92 Å². The largest absolute Gasteiger partial charge is 0.396 e. The van der Waals surface area contributed by atoms with Gasteiger partial charge in [-0.25, -0.2) is 4.98 Å². The molecule has 0 aromatic carbocycles. The fourth-order valence-corrected chi connectivity index (χ4v) is 1.93. The van der Waals surface area contributed by atoms with Gasteiger partial charge in [0.1, 0.15) is 0 Å². The van der Waals surface area contributed by atoms with Gasteiger partial charge in [-0.1, -0.05) is 0 Å². The van der Waals surface area contributed by atoms with Crippen LogP contribution in [0.1, 0.15) is 5.69 Å². The number of aryl methyl sites for hydroxylation is 1. The van der Waals surface area contributed by atoms with E-state index in [1.807, 2.05) is 23.2 Å². The van der Waals surface area contributed by atoms with Crippen molar-refractivity contribution in [2.75, 3.05) is 17.6 Å². The number of hydrogen-bond donors (Lipinski definition) is 2. The summed E-state index contributed by atoms with van der Waals surface area (Å²) >= 11 is 1.61. The van der Waals surface area contributed by atoms with Gasteiger partial charge in [0.25, 0.3) is 0 Å². The first-order valence-electron chi connectivity index (χ1n) is 4.68. The second-order valence-electron chi connectivity index (χ2n) is 3.26. The third-order valence-electron chi connectivity index (χ3n) is 1.89. The van der Waals surface area contributed by atoms with Gasteiger partial charge in [0.05, 0.1) is 24.1 Å². The average Bonchev–Trinajstić information content (AvgIpc) is 2.76. The summed E-state index contributed by atoms with van der Waals surface area (Å²) in [6.07, 6.45) is 3.46. The normalized spacial score (nSPS) is 10.5. The number of hydrogen-bond acceptors (Lipinski definition) is 5. The van der Waals surface area contributed by atoms with Crippen LogP contribution in [-0.4, -0.2) is 21.3 Å². The molecule has 2 rings (SSSR count). The number of nitrogens with one attached hydrogen (secondary N) is 1. The Bertz CT molecular complexity index is 393. The first kappa shape index (κ1) is 9.97. The zero-order valence-electron chi connectivity index (χ0n) is 8.47. The molecule has 0 saturated carbocycles. The lowest BCUT2D eigenvalue weighted by Crippen LogP contribution is -2.10. The van der Waals surface area contributed by atoms with Gasteiger partial charge in [0.15, 0.2) is 5.13 Å². The van der Waals surface area contributed by atoms with E-state index >= 15 is 0 Å². The van der Waals surface area contributed by atoms with Crippen molar-refractivity contribution >= 4 is 22.2 Å². The molecule has 0 aliphatic heterocycles. The summed E-state index contributed by atoms with van der Waals surface area (Å²) in [5.41, 5.74) is 7.29. The molecule has 0 unspecified atom stereocenters. The molecule has 6 heteroatoms. The van der Waals surface area contributed by atoms with Crippen LogP contribution in [0.3, 0.4) is 0 Å². The maximum absolute atomic E-state index is 5.55. The number of thiazole rings is 1. The molecule has 5 nitrogen and oxygen atoms in total. The first-order chi connectivity index (χ1) is 7.24. The van der Waals surface area contributed by atoms with Gasteiger partial charge >= 0.3 is 0 Å². The molecule has 80 valence electrons. The highest BCUT2D eigenvalue weighted by atomic mass is 32.1. The number of aromatic nitrogens is 3. The van der Waals surface area contributed by atoms with Crippen molar-refractivity contribution in [2.24, 2.45) is 0 Å². The molecule has 0 radical (unpaired) electrons. The Morgan fingerprint density at radius 3 is 3.07 bits per heavy atom. The zero-order chi connectivity index (χ0) is 10.7. The first-order valence-corrected chi connectivity index (χ1v) is 5.56. The number of rotatable bonds is 4. The van der Waals surface area contributed by atoms with Gasteiger partial charge in [0, 0.05) is 18.1 Å². The van der Waals surface area contributed by atoms with E-state index in [4.69, 9.17) is 5.73 Å². The van der Waals surface area contributed by atoms with E-state index in [0.717, 1.165) is 23.9 Å². The highest BCUT2D eigenvalue weighted by Gasteiger charge is 1.97. The predicted octanol–water partition coefficient (Wildman–Crippen LogP) is 1.34. The van der Waals surface area contributed by atoms with Crippen LogP contribution in [0.25, 0.3) is 0 Å². The average molecular weight is 223 g/mol. The smallest absolute Gasteiger partial charge is 0.182 e. The van der Waals surface area contributed by atoms with E-state index in [-0.39, 0.29) is 0 Å². The number of nitrogens with two attached hydrogens (primary N) is 1. The number of anilines is 2. The van der Waals surface area contributed by atoms with Gasteiger partial charge < -0.3 is 11.1 Å². The SMILES string of the molecule is Cc1csc(NCCn2cc(N)cn2)n1. The van der Waals surface area contributed by atoms with Crippen molar-refractivity contribution in [1.29, 1.82) is 0 Å². The summed E-state index contributed by atoms with van der Waals surface area (Å²) in [6.45, 7) is 3.57. The molecule has 0 spiro atoms. The molecule has 15 heavy (non-hydrogen) atoms. The highest BCUT2D eigenvalue weighted by molar-refractivity contribution is 7.13. The minimum Gasteiger partial charge on any atom is -0.396 e. The lowest BCUT2D eigenvalue weighted by atomic mass is 10.6. The Kier molecular flexibility index (Phi) is 2.86. The summed E-state index contributed by atoms with van der Waals surface area (Å²) in [4.78, 5) is 4.30. The van der Waals surface area contributed by atoms with Crippen LogP contribution < -0.4 is 11.1 Å². The maximum Gasteiger partial charge on any atom is 0.182 e. The monoisotopic (exact) mass is 223 g/mol. The topological polar surface area (TPSA) is 68.8 Å². The van der Waals surface area contributed by atoms with Crippen molar-refractivity contribution in [3.05, 3.63) is 23.5 Å². The van der Waals surface area contributed by atoms with Gasteiger partial charge in [-0.15, -0.1) is 11.3 Å². The van der Waals surface area contributed by atoms with Crippen LogP contribution in [0.5, 0.6) is 0 Å². The third-order valence-corrected chi connectivity index (χ3v) is 2.81. The molecule has 0 amide bonds. The highest BCUT2D eigenvalue weighted by Crippen LogP contribution is 2.13. The third kappa shape index (κ3) is 2.69. The summed E-state index contributed by atoms with van der Waals surface area (Å²) in [5, 5.41) is 10.3. The minimum absolute atomic E-state index is 0.695. The molecule has 0 bridgehead atoms. The molecule has 0 fully saturated rings. The molecule has 2 aromatic heterocycles. The van der Waals surface area contributed by atoms with Crippen LogP contribution in [0.15, 0.2) is 17.8 Å². The minimum atomic E-state index is 0.695. The van der Waals surface area contributed by atoms with Crippen LogP contribution >= 0.6 is 11.3 Å². The Morgan fingerprint density at radius 2 is 2.47 bits per heavy atom. The Labute approximate surface area is 91.9 Å². The summed E-state index contributed by atoms with van der Waals surface area (Å²) in [7, 11) is 0. The van der Waals surface area contributed by atoms with Crippen molar-refractivity contribution in [2.45, 2.75) is 13.5 Å². The fraction of sp³-hybridized carbons (Fsp3) is 0.333. The van der Waals surface area contributed by atoms with Crippen molar-refractivity contribution in [3.63, 3.8) is 0 Å². The fourth-order valence-electron chi connectivity index (χ4n) is 1.21. The van der Waals surface area contributed by atoms with E-state index < -0.39 is 0 Å². The van der Waals surface area contributed by atoms with E-state index in [1.54, 1.807) is 17.5 Å². The second kappa shape index (κ2) is 4.31. The molecular weight excluding hydrogens is 210 g/mol. The zero-order valence-corrected chi connectivity index (χ0v) is 9.29. The molecule has 0 atom stereocenters. The van der Waals surface area contributed by atoms with Gasteiger partial charge in [0.2, 0.25) is 0 Å². The predicted molar refractivity (Wildman–Crippen MR) is 62.0 cm³/mol. The lowest BCUT2D eigenvalue weighted by Gasteiger charge is -2.02. The molecule has 0 aliphatic rings. The number of nitrogens with zero attached hydrogens (tertiary/aromatic N) is 3. The molecule has 0 aliphatic carbocycles. The van der Waals surface area contributed by atoms with Crippen molar-refractivity contribution in [3.8, 4) is 0 Å². The second-order valence-corrected chi connectivity index (χ2v) is 4.12. The summed E-state index contributed by atoms with van der Waals surface area (Å²) in [6, 6.07) is 0. The molecule has 2 aromatic rings. The van der Waals surface area contributed by atoms with E-state index in [0.29, 0.717) is 5.69 Å². The van der Waals surface area contributed by atoms with Crippen LogP contribution in [-0.2, 0) is 6.54 Å². The van der Waals surface area contributed by atoms with Crippen molar-refractivity contribution < 1.29 is 0 Å².